The fourth-order valence-electron chi connectivity index (χ4n) is 1.63. The molecule has 0 bridgehead atoms. The summed E-state index contributed by atoms with van der Waals surface area (Å²) in [6.45, 7) is 5.73. The Kier molecular flexibility index (Phi) is 2.42. The lowest BCUT2D eigenvalue weighted by molar-refractivity contribution is 0.256. The van der Waals surface area contributed by atoms with Gasteiger partial charge in [-0.15, -0.1) is 11.3 Å². The van der Waals surface area contributed by atoms with Crippen molar-refractivity contribution in [3.05, 3.63) is 16.1 Å². The van der Waals surface area contributed by atoms with Crippen LogP contribution in [0.1, 0.15) is 23.9 Å². The molecule has 0 atom stereocenters. The van der Waals surface area contributed by atoms with Crippen LogP contribution in [0, 0.1) is 5.51 Å². The zero-order valence-corrected chi connectivity index (χ0v) is 8.15. The zero-order valence-electron chi connectivity index (χ0n) is 7.34. The molecule has 1 aromatic rings. The van der Waals surface area contributed by atoms with Crippen LogP contribution in [0.4, 0.5) is 0 Å². The van der Waals surface area contributed by atoms with Crippen LogP contribution in [0.3, 0.4) is 0 Å². The fourth-order valence-corrected chi connectivity index (χ4v) is 2.41. The van der Waals surface area contributed by atoms with Crippen molar-refractivity contribution in [3.63, 3.8) is 0 Å². The van der Waals surface area contributed by atoms with Crippen molar-refractivity contribution < 1.29 is 0 Å². The molecule has 0 spiro atoms. The average molecular weight is 181 g/mol. The normalized spacial score (nSPS) is 17.8. The number of nitrogens with zero attached hydrogens (tertiary/aromatic N) is 2. The first-order valence-electron chi connectivity index (χ1n) is 4.47. The molecule has 0 aliphatic carbocycles. The van der Waals surface area contributed by atoms with Gasteiger partial charge in [0.1, 0.15) is 0 Å². The summed E-state index contributed by atoms with van der Waals surface area (Å²) >= 11 is 1.68. The highest BCUT2D eigenvalue weighted by Crippen LogP contribution is 2.20. The van der Waals surface area contributed by atoms with Crippen LogP contribution >= 0.6 is 11.3 Å². The van der Waals surface area contributed by atoms with Crippen LogP contribution in [0.5, 0.6) is 0 Å². The van der Waals surface area contributed by atoms with Crippen molar-refractivity contribution in [3.8, 4) is 0 Å². The van der Waals surface area contributed by atoms with E-state index < -0.39 is 0 Å². The molecule has 0 aromatic carbocycles. The maximum Gasteiger partial charge on any atom is 0.152 e. The summed E-state index contributed by atoms with van der Waals surface area (Å²) in [5.74, 6) is 0. The minimum absolute atomic E-state index is 1.10. The highest BCUT2D eigenvalue weighted by molar-refractivity contribution is 7.09. The molecule has 1 aromatic heterocycles. The molecule has 0 fully saturated rings. The van der Waals surface area contributed by atoms with E-state index in [2.05, 4.69) is 22.3 Å². The Hall–Kier alpha value is -0.410. The molecule has 0 amide bonds. The Morgan fingerprint density at radius 2 is 2.58 bits per heavy atom. The van der Waals surface area contributed by atoms with E-state index in [4.69, 9.17) is 0 Å². The first kappa shape index (κ1) is 8.20. The van der Waals surface area contributed by atoms with Gasteiger partial charge in [0.2, 0.25) is 0 Å². The molecule has 0 N–H and O–H groups in total. The van der Waals surface area contributed by atoms with Gasteiger partial charge in [0, 0.05) is 24.4 Å². The van der Waals surface area contributed by atoms with Gasteiger partial charge in [0.05, 0.1) is 5.69 Å². The molecule has 0 saturated heterocycles. The minimum atomic E-state index is 1.10. The second kappa shape index (κ2) is 3.54. The largest absolute Gasteiger partial charge is 0.298 e. The molecule has 0 unspecified atom stereocenters. The van der Waals surface area contributed by atoms with E-state index in [9.17, 15) is 0 Å². The van der Waals surface area contributed by atoms with Crippen molar-refractivity contribution in [2.24, 2.45) is 0 Å². The van der Waals surface area contributed by atoms with E-state index in [0.29, 0.717) is 0 Å². The zero-order chi connectivity index (χ0) is 8.39. The second-order valence-corrected chi connectivity index (χ2v) is 4.08. The van der Waals surface area contributed by atoms with Gasteiger partial charge in [0.25, 0.3) is 0 Å². The molecule has 1 radical (unpaired) electrons. The Morgan fingerprint density at radius 3 is 3.42 bits per heavy atom. The predicted molar refractivity (Wildman–Crippen MR) is 50.2 cm³/mol. The highest BCUT2D eigenvalue weighted by atomic mass is 32.1. The van der Waals surface area contributed by atoms with Gasteiger partial charge < -0.3 is 0 Å². The highest BCUT2D eigenvalue weighted by Gasteiger charge is 2.17. The van der Waals surface area contributed by atoms with Crippen LogP contribution in [0.15, 0.2) is 0 Å². The molecule has 1 aliphatic rings. The summed E-state index contributed by atoms with van der Waals surface area (Å²) in [5, 5.41) is 0. The monoisotopic (exact) mass is 181 g/mol. The Balaban J connectivity index is 2.05. The van der Waals surface area contributed by atoms with E-state index in [1.165, 1.54) is 30.1 Å². The lowest BCUT2D eigenvalue weighted by Crippen LogP contribution is -2.30. The maximum absolute atomic E-state index is 4.22. The Labute approximate surface area is 77.2 Å². The second-order valence-electron chi connectivity index (χ2n) is 3.20. The Bertz CT molecular complexity index is 257. The Morgan fingerprint density at radius 1 is 1.67 bits per heavy atom. The maximum atomic E-state index is 4.22. The van der Waals surface area contributed by atoms with Crippen molar-refractivity contribution >= 4 is 11.3 Å². The molecule has 65 valence electrons. The van der Waals surface area contributed by atoms with Gasteiger partial charge in [-0.2, -0.15) is 0 Å². The number of rotatable bonds is 2. The SMILES string of the molecule is CCCN1CCc2n[c]sc2C1. The van der Waals surface area contributed by atoms with E-state index in [-0.39, 0.29) is 0 Å². The third kappa shape index (κ3) is 1.52. The van der Waals surface area contributed by atoms with E-state index >= 15 is 0 Å². The third-order valence-corrected chi connectivity index (χ3v) is 3.04. The van der Waals surface area contributed by atoms with E-state index in [1.54, 1.807) is 11.3 Å². The third-order valence-electron chi connectivity index (χ3n) is 2.24. The summed E-state index contributed by atoms with van der Waals surface area (Å²) in [6.07, 6.45) is 2.37. The number of thiazole rings is 1. The van der Waals surface area contributed by atoms with E-state index in [1.807, 2.05) is 0 Å². The molecule has 2 rings (SSSR count). The lowest BCUT2D eigenvalue weighted by Gasteiger charge is -2.25. The molecule has 1 aliphatic heterocycles. The minimum Gasteiger partial charge on any atom is -0.298 e. The fraction of sp³-hybridized carbons (Fsp3) is 0.667. The molecular weight excluding hydrogens is 168 g/mol. The predicted octanol–water partition coefficient (Wildman–Crippen LogP) is 1.71. The van der Waals surface area contributed by atoms with Crippen LogP contribution in [-0.4, -0.2) is 23.0 Å². The van der Waals surface area contributed by atoms with Gasteiger partial charge in [-0.1, -0.05) is 6.92 Å². The average Bonchev–Trinajstić information content (AvgIpc) is 2.51. The molecule has 12 heavy (non-hydrogen) atoms. The summed E-state index contributed by atoms with van der Waals surface area (Å²) in [5.41, 5.74) is 4.25. The molecule has 2 heterocycles. The molecule has 3 heteroatoms. The lowest BCUT2D eigenvalue weighted by atomic mass is 10.2. The number of aromatic nitrogens is 1. The summed E-state index contributed by atoms with van der Waals surface area (Å²) in [7, 11) is 0. The summed E-state index contributed by atoms with van der Waals surface area (Å²) in [6, 6.07) is 0. The number of hydrogen-bond donors (Lipinski definition) is 0. The van der Waals surface area contributed by atoms with Gasteiger partial charge in [0.15, 0.2) is 5.51 Å². The first-order chi connectivity index (χ1) is 5.90. The van der Waals surface area contributed by atoms with Gasteiger partial charge >= 0.3 is 0 Å². The van der Waals surface area contributed by atoms with Crippen molar-refractivity contribution in [1.29, 1.82) is 0 Å². The summed E-state index contributed by atoms with van der Waals surface area (Å²) < 4.78 is 0. The first-order valence-corrected chi connectivity index (χ1v) is 5.28. The van der Waals surface area contributed by atoms with Crippen molar-refractivity contribution in [1.82, 2.24) is 9.88 Å². The quantitative estimate of drug-likeness (QED) is 0.690. The van der Waals surface area contributed by atoms with Gasteiger partial charge in [-0.05, 0) is 13.0 Å². The van der Waals surface area contributed by atoms with E-state index in [0.717, 1.165) is 13.0 Å². The smallest absolute Gasteiger partial charge is 0.152 e. The van der Waals surface area contributed by atoms with Gasteiger partial charge in [-0.3, -0.25) is 4.90 Å². The van der Waals surface area contributed by atoms with Crippen LogP contribution in [0.25, 0.3) is 0 Å². The topological polar surface area (TPSA) is 16.1 Å². The number of fused-ring (bicyclic) bond motifs is 1. The van der Waals surface area contributed by atoms with Crippen molar-refractivity contribution in [2.75, 3.05) is 13.1 Å². The number of hydrogen-bond acceptors (Lipinski definition) is 3. The molecule has 0 saturated carbocycles. The van der Waals surface area contributed by atoms with Crippen LogP contribution in [-0.2, 0) is 13.0 Å². The van der Waals surface area contributed by atoms with Crippen molar-refractivity contribution in [2.45, 2.75) is 26.3 Å². The van der Waals surface area contributed by atoms with Gasteiger partial charge in [-0.25, -0.2) is 4.98 Å². The van der Waals surface area contributed by atoms with Crippen LogP contribution < -0.4 is 0 Å². The van der Waals surface area contributed by atoms with Crippen LogP contribution in [0.2, 0.25) is 0 Å². The summed E-state index contributed by atoms with van der Waals surface area (Å²) in [4.78, 5) is 8.14. The molecule has 2 nitrogen and oxygen atoms in total. The standard InChI is InChI=1S/C9H13N2S/c1-2-4-11-5-3-8-9(6-11)12-7-10-8/h2-6H2,1H3. The molecular formula is C9H13N2S.